The van der Waals surface area contributed by atoms with Crippen molar-refractivity contribution in [3.05, 3.63) is 36.2 Å². The van der Waals surface area contributed by atoms with Crippen molar-refractivity contribution in [2.75, 3.05) is 12.4 Å². The molecule has 16 heavy (non-hydrogen) atoms. The first-order chi connectivity index (χ1) is 7.81. The summed E-state index contributed by atoms with van der Waals surface area (Å²) in [5.74, 6) is 0.126. The lowest BCUT2D eigenvalue weighted by Gasteiger charge is -2.06. The van der Waals surface area contributed by atoms with Gasteiger partial charge in [-0.1, -0.05) is 17.2 Å². The smallest absolute Gasteiger partial charge is 0.322 e. The van der Waals surface area contributed by atoms with Gasteiger partial charge in [-0.3, -0.25) is 10.1 Å². The Balaban J connectivity index is 2.21. The van der Waals surface area contributed by atoms with Gasteiger partial charge in [0, 0.05) is 0 Å². The van der Waals surface area contributed by atoms with Gasteiger partial charge in [0.25, 0.3) is 5.91 Å². The largest absolute Gasteiger partial charge is 0.496 e. The van der Waals surface area contributed by atoms with Crippen LogP contribution in [-0.4, -0.2) is 23.2 Å². The number of amides is 1. The van der Waals surface area contributed by atoms with Gasteiger partial charge < -0.3 is 9.15 Å². The highest BCUT2D eigenvalue weighted by Gasteiger charge is 2.13. The van der Waals surface area contributed by atoms with Crippen LogP contribution in [0.25, 0.3) is 0 Å². The van der Waals surface area contributed by atoms with Gasteiger partial charge >= 0.3 is 6.01 Å². The summed E-state index contributed by atoms with van der Waals surface area (Å²) in [5.41, 5.74) is 0.406. The number of carbonyl (C=O) groups excluding carboxylic acids is 1. The van der Waals surface area contributed by atoms with E-state index in [9.17, 15) is 4.79 Å². The fourth-order valence-corrected chi connectivity index (χ4v) is 1.22. The molecule has 0 aliphatic heterocycles. The fraction of sp³-hybridized carbons (Fsp3) is 0.100. The highest BCUT2D eigenvalue weighted by Crippen LogP contribution is 2.18. The van der Waals surface area contributed by atoms with E-state index in [1.807, 2.05) is 0 Å². The lowest BCUT2D eigenvalue weighted by molar-refractivity contribution is 0.102. The first kappa shape index (κ1) is 10.2. The van der Waals surface area contributed by atoms with Crippen molar-refractivity contribution in [1.29, 1.82) is 0 Å². The number of nitrogens with one attached hydrogen (secondary N) is 1. The Morgan fingerprint density at radius 3 is 2.94 bits per heavy atom. The van der Waals surface area contributed by atoms with Crippen molar-refractivity contribution < 1.29 is 13.9 Å². The first-order valence-corrected chi connectivity index (χ1v) is 4.52. The molecule has 1 N–H and O–H groups in total. The number of anilines is 1. The number of hydrogen-bond acceptors (Lipinski definition) is 5. The highest BCUT2D eigenvalue weighted by molar-refractivity contribution is 6.05. The summed E-state index contributed by atoms with van der Waals surface area (Å²) in [7, 11) is 1.50. The van der Waals surface area contributed by atoms with Crippen molar-refractivity contribution in [3.8, 4) is 5.75 Å². The maximum absolute atomic E-state index is 11.8. The molecule has 1 aromatic heterocycles. The summed E-state index contributed by atoms with van der Waals surface area (Å²) < 4.78 is 9.86. The summed E-state index contributed by atoms with van der Waals surface area (Å²) in [6, 6.07) is 6.91. The number of benzene rings is 1. The number of para-hydroxylation sites is 1. The molecule has 2 rings (SSSR count). The summed E-state index contributed by atoms with van der Waals surface area (Å²) in [5, 5.41) is 9.45. The van der Waals surface area contributed by atoms with Crippen LogP contribution in [0.3, 0.4) is 0 Å². The van der Waals surface area contributed by atoms with Crippen LogP contribution in [0.5, 0.6) is 5.75 Å². The number of carbonyl (C=O) groups is 1. The van der Waals surface area contributed by atoms with Crippen LogP contribution < -0.4 is 10.1 Å². The average molecular weight is 219 g/mol. The van der Waals surface area contributed by atoms with E-state index >= 15 is 0 Å². The fourth-order valence-electron chi connectivity index (χ4n) is 1.22. The maximum atomic E-state index is 11.8. The molecular formula is C10H9N3O3. The number of rotatable bonds is 3. The summed E-state index contributed by atoms with van der Waals surface area (Å²) in [4.78, 5) is 11.8. The quantitative estimate of drug-likeness (QED) is 0.842. The Labute approximate surface area is 91.2 Å². The van der Waals surface area contributed by atoms with Crippen molar-refractivity contribution in [2.45, 2.75) is 0 Å². The zero-order chi connectivity index (χ0) is 11.4. The topological polar surface area (TPSA) is 77.2 Å². The molecule has 0 saturated carbocycles. The molecule has 82 valence electrons. The van der Waals surface area contributed by atoms with Crippen LogP contribution in [0, 0.1) is 0 Å². The molecule has 0 aliphatic rings. The Morgan fingerprint density at radius 2 is 2.25 bits per heavy atom. The van der Waals surface area contributed by atoms with Crippen LogP contribution in [0.15, 0.2) is 35.1 Å². The molecule has 0 fully saturated rings. The molecule has 0 spiro atoms. The van der Waals surface area contributed by atoms with E-state index in [0.29, 0.717) is 11.3 Å². The van der Waals surface area contributed by atoms with E-state index in [0.717, 1.165) is 6.39 Å². The maximum Gasteiger partial charge on any atom is 0.322 e. The number of nitrogens with zero attached hydrogens (tertiary/aromatic N) is 2. The van der Waals surface area contributed by atoms with Crippen LogP contribution in [-0.2, 0) is 0 Å². The van der Waals surface area contributed by atoms with Crippen molar-refractivity contribution in [2.24, 2.45) is 0 Å². The Bertz CT molecular complexity index is 482. The predicted octanol–water partition coefficient (Wildman–Crippen LogP) is 1.33. The van der Waals surface area contributed by atoms with E-state index in [2.05, 4.69) is 15.5 Å². The molecule has 0 atom stereocenters. The molecular weight excluding hydrogens is 210 g/mol. The van der Waals surface area contributed by atoms with Gasteiger partial charge in [-0.2, -0.15) is 0 Å². The molecule has 6 nitrogen and oxygen atoms in total. The standard InChI is InChI=1S/C10H9N3O3/c1-15-8-5-3-2-4-7(8)9(14)12-10-13-11-6-16-10/h2-6H,1H3,(H,12,13,14). The highest BCUT2D eigenvalue weighted by atomic mass is 16.5. The van der Waals surface area contributed by atoms with Crippen LogP contribution in [0.2, 0.25) is 0 Å². The van der Waals surface area contributed by atoms with Gasteiger partial charge in [-0.25, -0.2) is 0 Å². The Morgan fingerprint density at radius 1 is 1.44 bits per heavy atom. The van der Waals surface area contributed by atoms with Crippen LogP contribution in [0.4, 0.5) is 6.01 Å². The van der Waals surface area contributed by atoms with Gasteiger partial charge in [0.15, 0.2) is 0 Å². The lowest BCUT2D eigenvalue weighted by atomic mass is 10.2. The third kappa shape index (κ3) is 2.00. The van der Waals surface area contributed by atoms with Gasteiger partial charge in [0.2, 0.25) is 6.39 Å². The van der Waals surface area contributed by atoms with E-state index in [1.54, 1.807) is 24.3 Å². The summed E-state index contributed by atoms with van der Waals surface area (Å²) in [6.45, 7) is 0. The van der Waals surface area contributed by atoms with Gasteiger partial charge in [-0.05, 0) is 12.1 Å². The number of aromatic nitrogens is 2. The monoisotopic (exact) mass is 219 g/mol. The van der Waals surface area contributed by atoms with Crippen molar-refractivity contribution >= 4 is 11.9 Å². The normalized spacial score (nSPS) is 9.81. The molecule has 0 aliphatic carbocycles. The second-order valence-electron chi connectivity index (χ2n) is 2.90. The lowest BCUT2D eigenvalue weighted by Crippen LogP contribution is -2.13. The minimum atomic E-state index is -0.360. The Kier molecular flexibility index (Phi) is 2.81. The average Bonchev–Trinajstić information content (AvgIpc) is 2.81. The second-order valence-corrected chi connectivity index (χ2v) is 2.90. The van der Waals surface area contributed by atoms with Crippen LogP contribution >= 0.6 is 0 Å². The van der Waals surface area contributed by atoms with Crippen molar-refractivity contribution in [3.63, 3.8) is 0 Å². The van der Waals surface area contributed by atoms with Gasteiger partial charge in [0.1, 0.15) is 5.75 Å². The van der Waals surface area contributed by atoms with Crippen molar-refractivity contribution in [1.82, 2.24) is 10.2 Å². The molecule has 1 amide bonds. The number of hydrogen-bond donors (Lipinski definition) is 1. The second kappa shape index (κ2) is 4.43. The summed E-state index contributed by atoms with van der Waals surface area (Å²) >= 11 is 0. The van der Waals surface area contributed by atoms with Crippen LogP contribution in [0.1, 0.15) is 10.4 Å². The molecule has 1 aromatic carbocycles. The molecule has 0 saturated heterocycles. The van der Waals surface area contributed by atoms with E-state index < -0.39 is 0 Å². The number of ether oxygens (including phenoxy) is 1. The van der Waals surface area contributed by atoms with E-state index in [4.69, 9.17) is 9.15 Å². The minimum Gasteiger partial charge on any atom is -0.496 e. The third-order valence-corrected chi connectivity index (χ3v) is 1.93. The molecule has 0 radical (unpaired) electrons. The van der Waals surface area contributed by atoms with Gasteiger partial charge in [-0.15, -0.1) is 5.10 Å². The molecule has 6 heteroatoms. The molecule has 0 bridgehead atoms. The molecule has 1 heterocycles. The predicted molar refractivity (Wildman–Crippen MR) is 55.2 cm³/mol. The van der Waals surface area contributed by atoms with Gasteiger partial charge in [0.05, 0.1) is 12.7 Å². The Hall–Kier alpha value is -2.37. The van der Waals surface area contributed by atoms with E-state index in [-0.39, 0.29) is 11.9 Å². The molecule has 2 aromatic rings. The molecule has 0 unspecified atom stereocenters. The summed E-state index contributed by atoms with van der Waals surface area (Å²) in [6.07, 6.45) is 1.14. The third-order valence-electron chi connectivity index (χ3n) is 1.93. The SMILES string of the molecule is COc1ccccc1C(=O)Nc1nnco1. The number of methoxy groups -OCH3 is 1. The first-order valence-electron chi connectivity index (χ1n) is 4.52. The van der Waals surface area contributed by atoms with E-state index in [1.165, 1.54) is 7.11 Å². The minimum absolute atomic E-state index is 0.0518. The zero-order valence-electron chi connectivity index (χ0n) is 8.51. The zero-order valence-corrected chi connectivity index (χ0v) is 8.51.